The van der Waals surface area contributed by atoms with E-state index in [0.29, 0.717) is 0 Å². The summed E-state index contributed by atoms with van der Waals surface area (Å²) < 4.78 is 0. The van der Waals surface area contributed by atoms with Crippen LogP contribution in [0.4, 0.5) is 11.4 Å². The zero-order chi connectivity index (χ0) is 12.3. The summed E-state index contributed by atoms with van der Waals surface area (Å²) in [6.07, 6.45) is 0. The third kappa shape index (κ3) is 2.97. The lowest BCUT2D eigenvalue weighted by atomic mass is 10.1. The highest BCUT2D eigenvalue weighted by molar-refractivity contribution is 5.94. The lowest BCUT2D eigenvalue weighted by Crippen LogP contribution is -2.32. The minimum absolute atomic E-state index is 0.173. The van der Waals surface area contributed by atoms with Gasteiger partial charge in [-0.3, -0.25) is 4.79 Å². The summed E-state index contributed by atoms with van der Waals surface area (Å²) in [4.78, 5) is 13.4. The second-order valence-corrected chi connectivity index (χ2v) is 4.17. The number of rotatable bonds is 3. The Morgan fingerprint density at radius 1 is 1.44 bits per heavy atom. The van der Waals surface area contributed by atoms with Crippen LogP contribution in [0, 0.1) is 6.92 Å². The molecule has 0 radical (unpaired) electrons. The molecule has 4 nitrogen and oxygen atoms in total. The van der Waals surface area contributed by atoms with E-state index in [1.54, 1.807) is 6.92 Å². The predicted molar refractivity (Wildman–Crippen MR) is 67.8 cm³/mol. The monoisotopic (exact) mass is 221 g/mol. The van der Waals surface area contributed by atoms with Gasteiger partial charge in [-0.15, -0.1) is 0 Å². The van der Waals surface area contributed by atoms with Crippen LogP contribution in [-0.2, 0) is 4.79 Å². The highest BCUT2D eigenvalue weighted by Gasteiger charge is 2.08. The highest BCUT2D eigenvalue weighted by atomic mass is 16.2. The second-order valence-electron chi connectivity index (χ2n) is 4.17. The fraction of sp³-hybridized carbons (Fsp3) is 0.417. The molecule has 0 aliphatic heterocycles. The third-order valence-corrected chi connectivity index (χ3v) is 2.37. The van der Waals surface area contributed by atoms with Crippen LogP contribution in [0.5, 0.6) is 0 Å². The van der Waals surface area contributed by atoms with Crippen molar-refractivity contribution in [1.82, 2.24) is 0 Å². The van der Waals surface area contributed by atoms with Crippen LogP contribution < -0.4 is 16.0 Å². The first-order valence-corrected chi connectivity index (χ1v) is 5.26. The Hall–Kier alpha value is -1.55. The van der Waals surface area contributed by atoms with Gasteiger partial charge in [-0.05, 0) is 31.5 Å². The van der Waals surface area contributed by atoms with Crippen molar-refractivity contribution in [1.29, 1.82) is 0 Å². The van der Waals surface area contributed by atoms with Gasteiger partial charge in [0.05, 0.1) is 6.04 Å². The number of benzene rings is 1. The number of hydrogen-bond acceptors (Lipinski definition) is 3. The Balaban J connectivity index is 2.91. The zero-order valence-electron chi connectivity index (χ0n) is 10.2. The molecule has 0 aliphatic carbocycles. The standard InChI is InChI=1S/C12H19N3O/c1-8-5-6-10(7-11(8)15(3)4)14-12(16)9(2)13/h5-7,9H,13H2,1-4H3,(H,14,16)/t9-/m1/s1. The van der Waals surface area contributed by atoms with Crippen molar-refractivity contribution in [3.8, 4) is 0 Å². The van der Waals surface area contributed by atoms with Gasteiger partial charge in [0.25, 0.3) is 0 Å². The van der Waals surface area contributed by atoms with Crippen molar-refractivity contribution in [2.24, 2.45) is 5.73 Å². The summed E-state index contributed by atoms with van der Waals surface area (Å²) in [5, 5.41) is 2.77. The molecule has 4 heteroatoms. The molecule has 0 saturated heterocycles. The van der Waals surface area contributed by atoms with E-state index in [1.165, 1.54) is 5.56 Å². The average Bonchev–Trinajstić information content (AvgIpc) is 2.20. The minimum atomic E-state index is -0.496. The van der Waals surface area contributed by atoms with E-state index in [1.807, 2.05) is 44.1 Å². The fourth-order valence-electron chi connectivity index (χ4n) is 1.43. The molecule has 1 aromatic carbocycles. The SMILES string of the molecule is Cc1ccc(NC(=O)[C@@H](C)N)cc1N(C)C. The van der Waals surface area contributed by atoms with Crippen molar-refractivity contribution in [2.75, 3.05) is 24.3 Å². The van der Waals surface area contributed by atoms with Gasteiger partial charge in [-0.1, -0.05) is 6.07 Å². The average molecular weight is 221 g/mol. The number of aryl methyl sites for hydroxylation is 1. The molecule has 1 aromatic rings. The Morgan fingerprint density at radius 3 is 2.56 bits per heavy atom. The molecule has 0 heterocycles. The predicted octanol–water partition coefficient (Wildman–Crippen LogP) is 1.35. The van der Waals surface area contributed by atoms with E-state index in [0.717, 1.165) is 11.4 Å². The molecule has 88 valence electrons. The Morgan fingerprint density at radius 2 is 2.06 bits per heavy atom. The van der Waals surface area contributed by atoms with E-state index >= 15 is 0 Å². The van der Waals surface area contributed by atoms with Crippen LogP contribution in [0.25, 0.3) is 0 Å². The highest BCUT2D eigenvalue weighted by Crippen LogP contribution is 2.22. The van der Waals surface area contributed by atoms with E-state index < -0.39 is 6.04 Å². The maximum Gasteiger partial charge on any atom is 0.240 e. The van der Waals surface area contributed by atoms with Crippen LogP contribution in [0.3, 0.4) is 0 Å². The molecule has 3 N–H and O–H groups in total. The summed E-state index contributed by atoms with van der Waals surface area (Å²) in [7, 11) is 3.94. The van der Waals surface area contributed by atoms with E-state index in [2.05, 4.69) is 5.32 Å². The van der Waals surface area contributed by atoms with Gasteiger partial charge in [0, 0.05) is 25.5 Å². The maximum atomic E-state index is 11.4. The number of carbonyl (C=O) groups excluding carboxylic acids is 1. The molecule has 1 rings (SSSR count). The molecule has 0 aromatic heterocycles. The smallest absolute Gasteiger partial charge is 0.240 e. The second kappa shape index (κ2) is 4.99. The van der Waals surface area contributed by atoms with Crippen molar-refractivity contribution in [2.45, 2.75) is 19.9 Å². The largest absolute Gasteiger partial charge is 0.377 e. The molecule has 0 aliphatic rings. The van der Waals surface area contributed by atoms with Crippen LogP contribution in [0.15, 0.2) is 18.2 Å². The first-order chi connectivity index (χ1) is 7.41. The zero-order valence-corrected chi connectivity index (χ0v) is 10.2. The van der Waals surface area contributed by atoms with Crippen LogP contribution in [0.1, 0.15) is 12.5 Å². The normalized spacial score (nSPS) is 12.1. The number of hydrogen-bond donors (Lipinski definition) is 2. The number of anilines is 2. The molecule has 0 saturated carbocycles. The molecule has 1 amide bonds. The summed E-state index contributed by atoms with van der Waals surface area (Å²) >= 11 is 0. The first kappa shape index (κ1) is 12.5. The minimum Gasteiger partial charge on any atom is -0.377 e. The van der Waals surface area contributed by atoms with Gasteiger partial charge in [0.15, 0.2) is 0 Å². The topological polar surface area (TPSA) is 58.4 Å². The van der Waals surface area contributed by atoms with Crippen LogP contribution >= 0.6 is 0 Å². The molecule has 0 fully saturated rings. The Kier molecular flexibility index (Phi) is 3.90. The lowest BCUT2D eigenvalue weighted by Gasteiger charge is -2.17. The molecular formula is C12H19N3O. The van der Waals surface area contributed by atoms with Gasteiger partial charge in [0.1, 0.15) is 0 Å². The number of nitrogens with one attached hydrogen (secondary N) is 1. The number of amides is 1. The molecular weight excluding hydrogens is 202 g/mol. The quantitative estimate of drug-likeness (QED) is 0.810. The van der Waals surface area contributed by atoms with Crippen molar-refractivity contribution < 1.29 is 4.79 Å². The first-order valence-electron chi connectivity index (χ1n) is 5.26. The third-order valence-electron chi connectivity index (χ3n) is 2.37. The summed E-state index contributed by atoms with van der Waals surface area (Å²) in [5.74, 6) is -0.173. The fourth-order valence-corrected chi connectivity index (χ4v) is 1.43. The summed E-state index contributed by atoms with van der Waals surface area (Å²) in [6.45, 7) is 3.70. The molecule has 0 bridgehead atoms. The number of nitrogens with two attached hydrogens (primary N) is 1. The maximum absolute atomic E-state index is 11.4. The molecule has 16 heavy (non-hydrogen) atoms. The van der Waals surface area contributed by atoms with Crippen molar-refractivity contribution >= 4 is 17.3 Å². The van der Waals surface area contributed by atoms with Gasteiger partial charge < -0.3 is 16.0 Å². The summed E-state index contributed by atoms with van der Waals surface area (Å²) in [5.41, 5.74) is 8.52. The Labute approximate surface area is 96.4 Å². The lowest BCUT2D eigenvalue weighted by molar-refractivity contribution is -0.117. The van der Waals surface area contributed by atoms with Gasteiger partial charge in [-0.25, -0.2) is 0 Å². The Bertz CT molecular complexity index is 386. The summed E-state index contributed by atoms with van der Waals surface area (Å²) in [6, 6.07) is 5.30. The van der Waals surface area contributed by atoms with Gasteiger partial charge in [-0.2, -0.15) is 0 Å². The molecule has 0 unspecified atom stereocenters. The number of nitrogens with zero attached hydrogens (tertiary/aromatic N) is 1. The van der Waals surface area contributed by atoms with Crippen molar-refractivity contribution in [3.63, 3.8) is 0 Å². The van der Waals surface area contributed by atoms with Crippen molar-refractivity contribution in [3.05, 3.63) is 23.8 Å². The van der Waals surface area contributed by atoms with Crippen LogP contribution in [0.2, 0.25) is 0 Å². The van der Waals surface area contributed by atoms with Crippen LogP contribution in [-0.4, -0.2) is 26.0 Å². The van der Waals surface area contributed by atoms with E-state index in [-0.39, 0.29) is 5.91 Å². The van der Waals surface area contributed by atoms with E-state index in [4.69, 9.17) is 5.73 Å². The molecule has 1 atom stereocenters. The number of carbonyl (C=O) groups is 1. The van der Waals surface area contributed by atoms with Gasteiger partial charge >= 0.3 is 0 Å². The van der Waals surface area contributed by atoms with E-state index in [9.17, 15) is 4.79 Å². The molecule has 0 spiro atoms. The van der Waals surface area contributed by atoms with Gasteiger partial charge in [0.2, 0.25) is 5.91 Å².